The molecule has 2 aliphatic rings. The monoisotopic (exact) mass is 375 g/mol. The first-order valence-electron chi connectivity index (χ1n) is 10.1. The summed E-state index contributed by atoms with van der Waals surface area (Å²) in [5, 5.41) is 3.43. The Labute approximate surface area is 164 Å². The molecule has 0 saturated carbocycles. The normalized spacial score (nSPS) is 20.7. The van der Waals surface area contributed by atoms with Gasteiger partial charge in [0.1, 0.15) is 5.65 Å². The molecule has 3 aromatic rings. The van der Waals surface area contributed by atoms with Gasteiger partial charge in [-0.05, 0) is 25.1 Å². The van der Waals surface area contributed by atoms with Gasteiger partial charge < -0.3 is 14.6 Å². The Bertz CT molecular complexity index is 969. The van der Waals surface area contributed by atoms with Crippen molar-refractivity contribution in [1.82, 2.24) is 24.5 Å². The van der Waals surface area contributed by atoms with Gasteiger partial charge >= 0.3 is 0 Å². The molecule has 6 heteroatoms. The number of pyridine rings is 1. The third kappa shape index (κ3) is 3.30. The van der Waals surface area contributed by atoms with Crippen molar-refractivity contribution >= 4 is 11.6 Å². The molecule has 1 atom stereocenters. The highest BCUT2D eigenvalue weighted by Gasteiger charge is 2.28. The Morgan fingerprint density at radius 1 is 1.00 bits per heavy atom. The number of benzene rings is 1. The van der Waals surface area contributed by atoms with Crippen molar-refractivity contribution in [2.24, 2.45) is 0 Å². The number of imidazole rings is 1. The smallest absolute Gasteiger partial charge is 0.255 e. The Morgan fingerprint density at radius 2 is 1.82 bits per heavy atom. The number of nitrogens with one attached hydrogen (secondary N) is 1. The van der Waals surface area contributed by atoms with Gasteiger partial charge in [-0.1, -0.05) is 30.3 Å². The first kappa shape index (κ1) is 17.4. The fraction of sp³-hybridized carbons (Fsp3) is 0.364. The molecule has 2 aromatic heterocycles. The van der Waals surface area contributed by atoms with Gasteiger partial charge in [0.2, 0.25) is 0 Å². The largest absolute Gasteiger partial charge is 0.336 e. The van der Waals surface area contributed by atoms with Crippen molar-refractivity contribution in [1.29, 1.82) is 0 Å². The van der Waals surface area contributed by atoms with E-state index in [2.05, 4.69) is 15.2 Å². The van der Waals surface area contributed by atoms with Gasteiger partial charge in [0.05, 0.1) is 11.3 Å². The van der Waals surface area contributed by atoms with Crippen molar-refractivity contribution in [2.75, 3.05) is 39.3 Å². The predicted octanol–water partition coefficient (Wildman–Crippen LogP) is 2.12. The summed E-state index contributed by atoms with van der Waals surface area (Å²) < 4.78 is 1.95. The molecular formula is C22H25N5O. The molecule has 5 rings (SSSR count). The van der Waals surface area contributed by atoms with E-state index in [-0.39, 0.29) is 5.91 Å². The molecule has 1 amide bonds. The molecule has 0 bridgehead atoms. The maximum absolute atomic E-state index is 13.0. The van der Waals surface area contributed by atoms with E-state index in [1.807, 2.05) is 64.2 Å². The summed E-state index contributed by atoms with van der Waals surface area (Å²) >= 11 is 0. The van der Waals surface area contributed by atoms with E-state index in [1.54, 1.807) is 0 Å². The van der Waals surface area contributed by atoms with Crippen molar-refractivity contribution < 1.29 is 4.79 Å². The van der Waals surface area contributed by atoms with Crippen LogP contribution >= 0.6 is 0 Å². The number of amides is 1. The lowest BCUT2D eigenvalue weighted by Gasteiger charge is -2.37. The van der Waals surface area contributed by atoms with Crippen molar-refractivity contribution in [3.05, 3.63) is 60.4 Å². The van der Waals surface area contributed by atoms with E-state index in [1.165, 1.54) is 6.42 Å². The van der Waals surface area contributed by atoms with Gasteiger partial charge in [0, 0.05) is 56.7 Å². The van der Waals surface area contributed by atoms with Crippen LogP contribution in [0, 0.1) is 0 Å². The van der Waals surface area contributed by atoms with Crippen LogP contribution in [0.4, 0.5) is 0 Å². The standard InChI is InChI=1S/C22H25N5O/c28-22(26-12-10-25(11-13-26)19-8-9-23-14-19)18-6-7-21-24-20(16-27(21)15-18)17-4-2-1-3-5-17/h1-7,15-16,19,23H,8-14H2/t19-/m0/s1. The van der Waals surface area contributed by atoms with E-state index in [9.17, 15) is 4.79 Å². The van der Waals surface area contributed by atoms with Crippen molar-refractivity contribution in [3.8, 4) is 11.3 Å². The van der Waals surface area contributed by atoms with Crippen LogP contribution in [0.5, 0.6) is 0 Å². The van der Waals surface area contributed by atoms with Crippen molar-refractivity contribution in [3.63, 3.8) is 0 Å². The lowest BCUT2D eigenvalue weighted by atomic mass is 10.1. The second kappa shape index (κ2) is 7.37. The van der Waals surface area contributed by atoms with Crippen LogP contribution in [-0.4, -0.2) is 70.4 Å². The molecule has 2 fully saturated rings. The molecule has 0 radical (unpaired) electrons. The van der Waals surface area contributed by atoms with Gasteiger partial charge in [0.15, 0.2) is 0 Å². The van der Waals surface area contributed by atoms with Crippen LogP contribution in [0.2, 0.25) is 0 Å². The number of hydrogen-bond donors (Lipinski definition) is 1. The van der Waals surface area contributed by atoms with Crippen LogP contribution in [0.25, 0.3) is 16.9 Å². The zero-order chi connectivity index (χ0) is 18.9. The summed E-state index contributed by atoms with van der Waals surface area (Å²) in [6, 6.07) is 14.6. The molecule has 28 heavy (non-hydrogen) atoms. The predicted molar refractivity (Wildman–Crippen MR) is 109 cm³/mol. The third-order valence-electron chi connectivity index (χ3n) is 5.92. The van der Waals surface area contributed by atoms with Gasteiger partial charge in [0.25, 0.3) is 5.91 Å². The summed E-state index contributed by atoms with van der Waals surface area (Å²) in [5.41, 5.74) is 3.58. The number of rotatable bonds is 3. The van der Waals surface area contributed by atoms with Crippen molar-refractivity contribution in [2.45, 2.75) is 12.5 Å². The summed E-state index contributed by atoms with van der Waals surface area (Å²) in [4.78, 5) is 22.2. The fourth-order valence-electron chi connectivity index (χ4n) is 4.29. The summed E-state index contributed by atoms with van der Waals surface area (Å²) in [5.74, 6) is 0.112. The molecule has 6 nitrogen and oxygen atoms in total. The number of hydrogen-bond acceptors (Lipinski definition) is 4. The number of nitrogens with zero attached hydrogens (tertiary/aromatic N) is 4. The first-order valence-corrected chi connectivity index (χ1v) is 10.1. The number of carbonyl (C=O) groups is 1. The highest BCUT2D eigenvalue weighted by Crippen LogP contribution is 2.20. The molecule has 0 spiro atoms. The zero-order valence-electron chi connectivity index (χ0n) is 15.9. The number of piperazine rings is 1. The second-order valence-corrected chi connectivity index (χ2v) is 7.65. The molecule has 2 aliphatic heterocycles. The van der Waals surface area contributed by atoms with Gasteiger partial charge in [-0.3, -0.25) is 9.69 Å². The average molecular weight is 375 g/mol. The first-order chi connectivity index (χ1) is 13.8. The van der Waals surface area contributed by atoms with E-state index >= 15 is 0 Å². The minimum absolute atomic E-state index is 0.112. The summed E-state index contributed by atoms with van der Waals surface area (Å²) in [7, 11) is 0. The highest BCUT2D eigenvalue weighted by atomic mass is 16.2. The molecule has 0 unspecified atom stereocenters. The SMILES string of the molecule is O=C(c1ccc2nc(-c3ccccc3)cn2c1)N1CCN([C@H]2CCNC2)CC1. The third-order valence-corrected chi connectivity index (χ3v) is 5.92. The number of aromatic nitrogens is 2. The number of fused-ring (bicyclic) bond motifs is 1. The maximum Gasteiger partial charge on any atom is 0.255 e. The maximum atomic E-state index is 13.0. The average Bonchev–Trinajstić information content (AvgIpc) is 3.43. The topological polar surface area (TPSA) is 52.9 Å². The Hall–Kier alpha value is -2.70. The summed E-state index contributed by atoms with van der Waals surface area (Å²) in [6.45, 7) is 5.71. The Morgan fingerprint density at radius 3 is 2.57 bits per heavy atom. The second-order valence-electron chi connectivity index (χ2n) is 7.65. The van der Waals surface area contributed by atoms with Crippen LogP contribution < -0.4 is 5.32 Å². The van der Waals surface area contributed by atoms with E-state index in [4.69, 9.17) is 0 Å². The Kier molecular flexibility index (Phi) is 4.58. The minimum atomic E-state index is 0.112. The van der Waals surface area contributed by atoms with Crippen LogP contribution in [0.3, 0.4) is 0 Å². The fourth-order valence-corrected chi connectivity index (χ4v) is 4.29. The molecular weight excluding hydrogens is 350 g/mol. The summed E-state index contributed by atoms with van der Waals surface area (Å²) in [6.07, 6.45) is 5.12. The van der Waals surface area contributed by atoms with Crippen LogP contribution in [0.1, 0.15) is 16.8 Å². The van der Waals surface area contributed by atoms with Crippen LogP contribution in [0.15, 0.2) is 54.9 Å². The molecule has 1 N–H and O–H groups in total. The molecule has 144 valence electrons. The lowest BCUT2D eigenvalue weighted by molar-refractivity contribution is 0.0583. The molecule has 4 heterocycles. The zero-order valence-corrected chi connectivity index (χ0v) is 15.9. The quantitative estimate of drug-likeness (QED) is 0.762. The Balaban J connectivity index is 1.31. The van der Waals surface area contributed by atoms with E-state index in [0.717, 1.165) is 61.7 Å². The van der Waals surface area contributed by atoms with Gasteiger partial charge in [-0.15, -0.1) is 0 Å². The molecule has 2 saturated heterocycles. The molecule has 0 aliphatic carbocycles. The number of carbonyl (C=O) groups excluding carboxylic acids is 1. The minimum Gasteiger partial charge on any atom is -0.336 e. The van der Waals surface area contributed by atoms with Crippen LogP contribution in [-0.2, 0) is 0 Å². The van der Waals surface area contributed by atoms with Gasteiger partial charge in [-0.25, -0.2) is 4.98 Å². The lowest BCUT2D eigenvalue weighted by Crippen LogP contribution is -2.52. The van der Waals surface area contributed by atoms with Gasteiger partial charge in [-0.2, -0.15) is 0 Å². The van der Waals surface area contributed by atoms with E-state index in [0.29, 0.717) is 6.04 Å². The molecule has 1 aromatic carbocycles. The van der Waals surface area contributed by atoms with E-state index < -0.39 is 0 Å². The highest BCUT2D eigenvalue weighted by molar-refractivity contribution is 5.94.